The molecule has 0 saturated carbocycles. The van der Waals surface area contributed by atoms with Crippen LogP contribution in [0.2, 0.25) is 0 Å². The Kier molecular flexibility index (Phi) is 7.29. The summed E-state index contributed by atoms with van der Waals surface area (Å²) in [6, 6.07) is 14.8. The van der Waals surface area contributed by atoms with E-state index >= 15 is 0 Å². The van der Waals surface area contributed by atoms with Crippen molar-refractivity contribution in [3.8, 4) is 17.2 Å². The molecule has 3 rings (SSSR count). The van der Waals surface area contributed by atoms with E-state index in [4.69, 9.17) is 4.74 Å². The van der Waals surface area contributed by atoms with Gasteiger partial charge in [0, 0.05) is 31.1 Å². The Balaban J connectivity index is 1.58. The molecule has 0 unspecified atom stereocenters. The van der Waals surface area contributed by atoms with E-state index in [1.54, 1.807) is 30.3 Å². The Morgan fingerprint density at radius 1 is 0.970 bits per heavy atom. The zero-order valence-corrected chi connectivity index (χ0v) is 17.2. The van der Waals surface area contributed by atoms with Crippen LogP contribution in [-0.4, -0.2) is 30.2 Å². The first kappa shape index (κ1) is 23.3. The smallest absolute Gasteiger partial charge is 0.457 e. The van der Waals surface area contributed by atoms with Crippen LogP contribution in [0, 0.1) is 0 Å². The largest absolute Gasteiger partial charge is 0.573 e. The highest BCUT2D eigenvalue weighted by Gasteiger charge is 2.31. The Morgan fingerprint density at radius 3 is 2.42 bits per heavy atom. The lowest BCUT2D eigenvalue weighted by molar-refractivity contribution is -0.274. The van der Waals surface area contributed by atoms with Gasteiger partial charge in [0.1, 0.15) is 22.9 Å². The first-order valence-corrected chi connectivity index (χ1v) is 9.53. The second kappa shape index (κ2) is 10.3. The number of aromatic nitrogens is 1. The number of rotatable bonds is 7. The molecule has 0 saturated heterocycles. The topological polar surface area (TPSA) is 89.6 Å². The molecule has 2 amide bonds. The molecule has 3 aromatic rings. The van der Waals surface area contributed by atoms with Gasteiger partial charge in [-0.15, -0.1) is 13.2 Å². The van der Waals surface area contributed by atoms with Crippen LogP contribution < -0.4 is 20.1 Å². The Hall–Kier alpha value is -4.34. The van der Waals surface area contributed by atoms with Gasteiger partial charge >= 0.3 is 6.36 Å². The SMILES string of the molecule is CNC(=O)c1cc(Oc2ccc(NC(=O)/C=C/c3cccc(OC(F)(F)F)c3)cc2)ccn1. The predicted octanol–water partition coefficient (Wildman–Crippen LogP) is 4.78. The predicted molar refractivity (Wildman–Crippen MR) is 115 cm³/mol. The van der Waals surface area contributed by atoms with E-state index in [0.717, 1.165) is 6.07 Å². The molecule has 7 nitrogen and oxygen atoms in total. The number of carbonyl (C=O) groups excluding carboxylic acids is 2. The van der Waals surface area contributed by atoms with Gasteiger partial charge in [0.15, 0.2) is 0 Å². The van der Waals surface area contributed by atoms with Crippen molar-refractivity contribution >= 4 is 23.6 Å². The van der Waals surface area contributed by atoms with Gasteiger partial charge in [-0.3, -0.25) is 14.6 Å². The third kappa shape index (κ3) is 7.39. The summed E-state index contributed by atoms with van der Waals surface area (Å²) in [5.74, 6) is -0.308. The van der Waals surface area contributed by atoms with Crippen molar-refractivity contribution in [1.82, 2.24) is 10.3 Å². The number of halogens is 3. The van der Waals surface area contributed by atoms with Gasteiger partial charge < -0.3 is 20.1 Å². The molecule has 0 bridgehead atoms. The molecule has 0 aliphatic rings. The van der Waals surface area contributed by atoms with Gasteiger partial charge in [-0.2, -0.15) is 0 Å². The van der Waals surface area contributed by atoms with Crippen LogP contribution in [0.1, 0.15) is 16.1 Å². The van der Waals surface area contributed by atoms with E-state index in [9.17, 15) is 22.8 Å². The van der Waals surface area contributed by atoms with Crippen LogP contribution >= 0.6 is 0 Å². The Labute approximate surface area is 186 Å². The van der Waals surface area contributed by atoms with Gasteiger partial charge in [0.05, 0.1) is 0 Å². The normalized spacial score (nSPS) is 11.2. The maximum Gasteiger partial charge on any atom is 0.573 e. The van der Waals surface area contributed by atoms with E-state index in [1.165, 1.54) is 49.7 Å². The highest BCUT2D eigenvalue weighted by atomic mass is 19.4. The minimum absolute atomic E-state index is 0.209. The summed E-state index contributed by atoms with van der Waals surface area (Å²) in [5.41, 5.74) is 1.05. The minimum atomic E-state index is -4.79. The van der Waals surface area contributed by atoms with Crippen molar-refractivity contribution in [2.24, 2.45) is 0 Å². The van der Waals surface area contributed by atoms with Crippen molar-refractivity contribution in [1.29, 1.82) is 0 Å². The second-order valence-corrected chi connectivity index (χ2v) is 6.53. The fourth-order valence-corrected chi connectivity index (χ4v) is 2.64. The molecule has 2 N–H and O–H groups in total. The molecule has 0 radical (unpaired) electrons. The number of nitrogens with zero attached hydrogens (tertiary/aromatic N) is 1. The first-order valence-electron chi connectivity index (χ1n) is 9.53. The van der Waals surface area contributed by atoms with E-state index in [1.807, 2.05) is 0 Å². The number of amides is 2. The minimum Gasteiger partial charge on any atom is -0.457 e. The summed E-state index contributed by atoms with van der Waals surface area (Å²) in [6.45, 7) is 0. The van der Waals surface area contributed by atoms with Crippen LogP contribution in [0.25, 0.3) is 6.08 Å². The van der Waals surface area contributed by atoms with Crippen LogP contribution in [-0.2, 0) is 4.79 Å². The highest BCUT2D eigenvalue weighted by molar-refractivity contribution is 6.02. The monoisotopic (exact) mass is 457 g/mol. The standard InChI is InChI=1S/C23H18F3N3O4/c1-27-22(31)20-14-18(11-12-28-20)32-17-8-6-16(7-9-17)29-21(30)10-5-15-3-2-4-19(13-15)33-23(24,25)26/h2-14H,1H3,(H,27,31)(H,29,30)/b10-5+. The first-order chi connectivity index (χ1) is 15.7. The van der Waals surface area contributed by atoms with Crippen molar-refractivity contribution in [3.63, 3.8) is 0 Å². The second-order valence-electron chi connectivity index (χ2n) is 6.53. The summed E-state index contributed by atoms with van der Waals surface area (Å²) < 4.78 is 46.5. The third-order valence-corrected chi connectivity index (χ3v) is 4.07. The third-order valence-electron chi connectivity index (χ3n) is 4.07. The maximum atomic E-state index is 12.3. The summed E-state index contributed by atoms with van der Waals surface area (Å²) in [5, 5.41) is 5.11. The molecule has 1 aromatic heterocycles. The summed E-state index contributed by atoms with van der Waals surface area (Å²) >= 11 is 0. The van der Waals surface area contributed by atoms with Gasteiger partial charge in [-0.1, -0.05) is 12.1 Å². The van der Waals surface area contributed by atoms with Gasteiger partial charge in [0.2, 0.25) is 5.91 Å². The fourth-order valence-electron chi connectivity index (χ4n) is 2.64. The number of hydrogen-bond acceptors (Lipinski definition) is 5. The molecule has 0 spiro atoms. The van der Waals surface area contributed by atoms with Gasteiger partial charge in [-0.25, -0.2) is 0 Å². The lowest BCUT2D eigenvalue weighted by Gasteiger charge is -2.09. The number of benzene rings is 2. The lowest BCUT2D eigenvalue weighted by atomic mass is 10.2. The fraction of sp³-hybridized carbons (Fsp3) is 0.0870. The van der Waals surface area contributed by atoms with Gasteiger partial charge in [-0.05, 0) is 54.1 Å². The maximum absolute atomic E-state index is 12.3. The van der Waals surface area contributed by atoms with Crippen molar-refractivity contribution in [2.45, 2.75) is 6.36 Å². The number of pyridine rings is 1. The summed E-state index contributed by atoms with van der Waals surface area (Å²) in [4.78, 5) is 27.7. The molecule has 2 aromatic carbocycles. The zero-order valence-electron chi connectivity index (χ0n) is 17.2. The van der Waals surface area contributed by atoms with E-state index in [2.05, 4.69) is 20.4 Å². The lowest BCUT2D eigenvalue weighted by Crippen LogP contribution is -2.18. The zero-order chi connectivity index (χ0) is 23.8. The van der Waals surface area contributed by atoms with Gasteiger partial charge in [0.25, 0.3) is 5.91 Å². The molecule has 33 heavy (non-hydrogen) atoms. The number of nitrogens with one attached hydrogen (secondary N) is 2. The molecule has 0 aliphatic heterocycles. The highest BCUT2D eigenvalue weighted by Crippen LogP contribution is 2.25. The quantitative estimate of drug-likeness (QED) is 0.499. The van der Waals surface area contributed by atoms with Crippen LogP contribution in [0.15, 0.2) is 72.9 Å². The van der Waals surface area contributed by atoms with Crippen molar-refractivity contribution in [2.75, 3.05) is 12.4 Å². The van der Waals surface area contributed by atoms with Crippen molar-refractivity contribution < 1.29 is 32.2 Å². The molecular formula is C23H18F3N3O4. The number of alkyl halides is 3. The van der Waals surface area contributed by atoms with E-state index in [-0.39, 0.29) is 17.4 Å². The molecular weight excluding hydrogens is 439 g/mol. The molecule has 170 valence electrons. The number of ether oxygens (including phenoxy) is 2. The molecule has 0 atom stereocenters. The summed E-state index contributed by atoms with van der Waals surface area (Å²) in [7, 11) is 1.50. The molecule has 0 fully saturated rings. The Morgan fingerprint density at radius 2 is 1.73 bits per heavy atom. The molecule has 10 heteroatoms. The summed E-state index contributed by atoms with van der Waals surface area (Å²) in [6.07, 6.45) is -0.789. The van der Waals surface area contributed by atoms with Crippen LogP contribution in [0.3, 0.4) is 0 Å². The van der Waals surface area contributed by atoms with Crippen molar-refractivity contribution in [3.05, 3.63) is 84.2 Å². The molecule has 1 heterocycles. The average molecular weight is 457 g/mol. The molecule has 0 aliphatic carbocycles. The van der Waals surface area contributed by atoms with E-state index < -0.39 is 12.3 Å². The van der Waals surface area contributed by atoms with Crippen LogP contribution in [0.4, 0.5) is 18.9 Å². The number of anilines is 1. The Bertz CT molecular complexity index is 1160. The van der Waals surface area contributed by atoms with Crippen LogP contribution in [0.5, 0.6) is 17.2 Å². The number of hydrogen-bond donors (Lipinski definition) is 2. The van der Waals surface area contributed by atoms with E-state index in [0.29, 0.717) is 22.7 Å². The number of carbonyl (C=O) groups is 2. The average Bonchev–Trinajstić information content (AvgIpc) is 2.78.